The highest BCUT2D eigenvalue weighted by Gasteiger charge is 2.11. The summed E-state index contributed by atoms with van der Waals surface area (Å²) in [6.07, 6.45) is 3.67. The number of fused-ring (bicyclic) bond motifs is 2. The van der Waals surface area contributed by atoms with Crippen molar-refractivity contribution in [2.75, 3.05) is 12.4 Å². The molecule has 3 N–H and O–H groups in total. The minimum Gasteiger partial charge on any atom is -0.361 e. The van der Waals surface area contributed by atoms with E-state index in [1.54, 1.807) is 17.7 Å². The van der Waals surface area contributed by atoms with Crippen molar-refractivity contribution in [1.82, 2.24) is 20.3 Å². The van der Waals surface area contributed by atoms with Gasteiger partial charge in [-0.15, -0.1) is 11.3 Å². The van der Waals surface area contributed by atoms with Gasteiger partial charge < -0.3 is 15.6 Å². The zero-order valence-electron chi connectivity index (χ0n) is 15.4. The number of rotatable bonds is 5. The lowest BCUT2D eigenvalue weighted by Gasteiger charge is -2.07. The predicted molar refractivity (Wildman–Crippen MR) is 117 cm³/mol. The van der Waals surface area contributed by atoms with Crippen molar-refractivity contribution in [3.63, 3.8) is 0 Å². The van der Waals surface area contributed by atoms with Crippen LogP contribution in [0.3, 0.4) is 0 Å². The van der Waals surface area contributed by atoms with E-state index < -0.39 is 0 Å². The van der Waals surface area contributed by atoms with Gasteiger partial charge in [-0.25, -0.2) is 9.97 Å². The Kier molecular flexibility index (Phi) is 4.27. The van der Waals surface area contributed by atoms with Gasteiger partial charge in [-0.2, -0.15) is 0 Å². The Labute approximate surface area is 166 Å². The van der Waals surface area contributed by atoms with Crippen LogP contribution in [0.25, 0.3) is 31.6 Å². The van der Waals surface area contributed by atoms with E-state index in [1.165, 1.54) is 21.4 Å². The van der Waals surface area contributed by atoms with Crippen LogP contribution in [0.15, 0.2) is 67.1 Å². The molecule has 0 saturated heterocycles. The summed E-state index contributed by atoms with van der Waals surface area (Å²) in [6.45, 7) is 0.826. The maximum atomic E-state index is 4.50. The van der Waals surface area contributed by atoms with Crippen LogP contribution in [0.1, 0.15) is 5.56 Å². The molecule has 0 saturated carbocycles. The first-order valence-electron chi connectivity index (χ1n) is 9.13. The molecule has 0 aliphatic heterocycles. The number of aromatic nitrogens is 3. The molecule has 0 amide bonds. The average Bonchev–Trinajstić information content (AvgIpc) is 3.34. The fraction of sp³-hybridized carbons (Fsp3) is 0.0909. The maximum Gasteiger partial charge on any atom is 0.151 e. The number of hydrogen-bond donors (Lipinski definition) is 3. The van der Waals surface area contributed by atoms with Gasteiger partial charge in [0, 0.05) is 34.2 Å². The van der Waals surface area contributed by atoms with Gasteiger partial charge in [-0.05, 0) is 42.4 Å². The zero-order valence-corrected chi connectivity index (χ0v) is 16.2. The Morgan fingerprint density at radius 2 is 1.93 bits per heavy atom. The first-order valence-corrected chi connectivity index (χ1v) is 9.95. The van der Waals surface area contributed by atoms with E-state index in [-0.39, 0.29) is 0 Å². The molecule has 0 aliphatic rings. The average molecular weight is 385 g/mol. The fourth-order valence-corrected chi connectivity index (χ4v) is 4.48. The van der Waals surface area contributed by atoms with Crippen molar-refractivity contribution < 1.29 is 0 Å². The molecule has 28 heavy (non-hydrogen) atoms. The van der Waals surface area contributed by atoms with Gasteiger partial charge in [0.25, 0.3) is 0 Å². The second-order valence-electron chi connectivity index (χ2n) is 6.64. The SMILES string of the molecule is CNCc1c[nH]c2ccc(Nc3ncnc4cc(-c5ccccc5)sc34)cc12. The number of anilines is 2. The van der Waals surface area contributed by atoms with Gasteiger partial charge in [-0.1, -0.05) is 30.3 Å². The smallest absolute Gasteiger partial charge is 0.151 e. The third-order valence-electron chi connectivity index (χ3n) is 4.77. The Hall–Kier alpha value is -3.22. The summed E-state index contributed by atoms with van der Waals surface area (Å²) in [4.78, 5) is 13.5. The van der Waals surface area contributed by atoms with E-state index in [9.17, 15) is 0 Å². The number of benzene rings is 2. The van der Waals surface area contributed by atoms with E-state index in [4.69, 9.17) is 0 Å². The molecule has 5 nitrogen and oxygen atoms in total. The summed E-state index contributed by atoms with van der Waals surface area (Å²) in [5, 5.41) is 7.91. The lowest BCUT2D eigenvalue weighted by atomic mass is 10.1. The molecule has 0 fully saturated rings. The monoisotopic (exact) mass is 385 g/mol. The van der Waals surface area contributed by atoms with E-state index in [0.717, 1.165) is 33.8 Å². The Morgan fingerprint density at radius 3 is 2.79 bits per heavy atom. The second kappa shape index (κ2) is 7.07. The number of nitrogens with one attached hydrogen (secondary N) is 3. The minimum atomic E-state index is 0.826. The number of nitrogens with zero attached hydrogens (tertiary/aromatic N) is 2. The first kappa shape index (κ1) is 16.9. The Bertz CT molecular complexity index is 1260. The number of hydrogen-bond acceptors (Lipinski definition) is 5. The molecule has 3 aromatic heterocycles. The molecule has 6 heteroatoms. The van der Waals surface area contributed by atoms with Gasteiger partial charge in [-0.3, -0.25) is 0 Å². The minimum absolute atomic E-state index is 0.826. The molecule has 5 rings (SSSR count). The van der Waals surface area contributed by atoms with Gasteiger partial charge >= 0.3 is 0 Å². The molecular weight excluding hydrogens is 366 g/mol. The highest BCUT2D eigenvalue weighted by atomic mass is 32.1. The van der Waals surface area contributed by atoms with Gasteiger partial charge in [0.15, 0.2) is 5.82 Å². The topological polar surface area (TPSA) is 65.6 Å². The van der Waals surface area contributed by atoms with E-state index in [1.807, 2.05) is 13.1 Å². The van der Waals surface area contributed by atoms with Crippen LogP contribution >= 0.6 is 11.3 Å². The van der Waals surface area contributed by atoms with Gasteiger partial charge in [0.1, 0.15) is 6.33 Å². The van der Waals surface area contributed by atoms with Crippen LogP contribution in [0.5, 0.6) is 0 Å². The maximum absolute atomic E-state index is 4.50. The Morgan fingerprint density at radius 1 is 1.04 bits per heavy atom. The molecule has 2 aromatic carbocycles. The van der Waals surface area contributed by atoms with Crippen molar-refractivity contribution in [3.8, 4) is 10.4 Å². The van der Waals surface area contributed by atoms with Crippen LogP contribution < -0.4 is 10.6 Å². The van der Waals surface area contributed by atoms with Crippen LogP contribution in [0, 0.1) is 0 Å². The fourth-order valence-electron chi connectivity index (χ4n) is 3.42. The summed E-state index contributed by atoms with van der Waals surface area (Å²) in [5.74, 6) is 0.835. The quantitative estimate of drug-likeness (QED) is 0.384. The van der Waals surface area contributed by atoms with Crippen molar-refractivity contribution in [2.45, 2.75) is 6.54 Å². The highest BCUT2D eigenvalue weighted by molar-refractivity contribution is 7.22. The van der Waals surface area contributed by atoms with Gasteiger partial charge in [0.2, 0.25) is 0 Å². The third-order valence-corrected chi connectivity index (χ3v) is 5.95. The molecule has 5 aromatic rings. The lowest BCUT2D eigenvalue weighted by Crippen LogP contribution is -2.04. The summed E-state index contributed by atoms with van der Waals surface area (Å²) in [5.41, 5.74) is 5.54. The third kappa shape index (κ3) is 3.02. The Balaban J connectivity index is 1.54. The normalized spacial score (nSPS) is 11.3. The van der Waals surface area contributed by atoms with Crippen molar-refractivity contribution in [1.29, 1.82) is 0 Å². The molecule has 0 spiro atoms. The molecule has 0 bridgehead atoms. The summed E-state index contributed by atoms with van der Waals surface area (Å²) in [6, 6.07) is 18.8. The van der Waals surface area contributed by atoms with Crippen LogP contribution in [-0.2, 0) is 6.54 Å². The van der Waals surface area contributed by atoms with Crippen LogP contribution in [0.2, 0.25) is 0 Å². The highest BCUT2D eigenvalue weighted by Crippen LogP contribution is 2.36. The largest absolute Gasteiger partial charge is 0.361 e. The number of H-pyrrole nitrogens is 1. The molecule has 0 atom stereocenters. The molecular formula is C22H19N5S. The van der Waals surface area contributed by atoms with Gasteiger partial charge in [0.05, 0.1) is 10.2 Å². The van der Waals surface area contributed by atoms with E-state index in [2.05, 4.69) is 80.3 Å². The molecule has 0 radical (unpaired) electrons. The number of aromatic amines is 1. The number of thiophene rings is 1. The van der Waals surface area contributed by atoms with Crippen LogP contribution in [0.4, 0.5) is 11.5 Å². The summed E-state index contributed by atoms with van der Waals surface area (Å²) >= 11 is 1.71. The second-order valence-corrected chi connectivity index (χ2v) is 7.70. The molecule has 0 aliphatic carbocycles. The molecule has 0 unspecified atom stereocenters. The first-order chi connectivity index (χ1) is 13.8. The summed E-state index contributed by atoms with van der Waals surface area (Å²) < 4.78 is 1.06. The van der Waals surface area contributed by atoms with E-state index >= 15 is 0 Å². The molecule has 3 heterocycles. The predicted octanol–water partition coefficient (Wildman–Crippen LogP) is 5.30. The zero-order chi connectivity index (χ0) is 18.9. The van der Waals surface area contributed by atoms with Crippen LogP contribution in [-0.4, -0.2) is 22.0 Å². The standard InChI is InChI=1S/C22H19N5S/c1-23-11-15-12-24-18-8-7-16(9-17(15)18)27-22-21-19(25-13-26-22)10-20(28-21)14-5-3-2-4-6-14/h2-10,12-13,23-24H,11H2,1H3,(H,25,26,27). The molecule has 138 valence electrons. The van der Waals surface area contributed by atoms with E-state index in [0.29, 0.717) is 0 Å². The summed E-state index contributed by atoms with van der Waals surface area (Å²) in [7, 11) is 1.96. The lowest BCUT2D eigenvalue weighted by molar-refractivity contribution is 0.823. The van der Waals surface area contributed by atoms with Crippen molar-refractivity contribution in [2.24, 2.45) is 0 Å². The van der Waals surface area contributed by atoms with Crippen molar-refractivity contribution in [3.05, 3.63) is 72.7 Å². The van der Waals surface area contributed by atoms with Crippen molar-refractivity contribution >= 4 is 44.0 Å².